The summed E-state index contributed by atoms with van der Waals surface area (Å²) >= 11 is 0.928. The molecule has 35 heavy (non-hydrogen) atoms. The van der Waals surface area contributed by atoms with E-state index in [9.17, 15) is 36.6 Å². The van der Waals surface area contributed by atoms with Gasteiger partial charge in [0, 0.05) is 63.7 Å². The zero-order valence-electron chi connectivity index (χ0n) is 19.9. The maximum absolute atomic E-state index is 13.6. The normalized spacial score (nSPS) is 31.5. The molecule has 0 amide bonds. The summed E-state index contributed by atoms with van der Waals surface area (Å²) in [5.41, 5.74) is -0.629. The Hall–Kier alpha value is -0.310. The Labute approximate surface area is 206 Å². The number of halogens is 6. The minimum atomic E-state index is -4.41. The maximum Gasteiger partial charge on any atom is 0.400 e. The minimum absolute atomic E-state index is 0.0846. The molecule has 3 fully saturated rings. The second-order valence-electron chi connectivity index (χ2n) is 10.1. The van der Waals surface area contributed by atoms with E-state index < -0.39 is 48.3 Å². The van der Waals surface area contributed by atoms with Crippen LogP contribution in [-0.4, -0.2) is 109 Å². The Morgan fingerprint density at radius 3 is 2.37 bits per heavy atom. The Morgan fingerprint density at radius 2 is 1.80 bits per heavy atom. The number of nitrogens with one attached hydrogen (secondary N) is 2. The fraction of sp³-hybridized carbons (Fsp3) is 1.00. The van der Waals surface area contributed by atoms with E-state index in [0.717, 1.165) is 11.8 Å². The van der Waals surface area contributed by atoms with Crippen LogP contribution in [0.1, 0.15) is 25.7 Å². The molecule has 1 spiro atoms. The summed E-state index contributed by atoms with van der Waals surface area (Å²) in [4.78, 5) is 2.22. The van der Waals surface area contributed by atoms with Gasteiger partial charge in [-0.2, -0.15) is 26.3 Å². The smallest absolute Gasteiger partial charge is 0.396 e. The Kier molecular flexibility index (Phi) is 10.1. The maximum atomic E-state index is 13.6. The zero-order valence-corrected chi connectivity index (χ0v) is 20.7. The van der Waals surface area contributed by atoms with Gasteiger partial charge in [0.1, 0.15) is 5.25 Å². The first-order chi connectivity index (χ1) is 16.4. The molecule has 0 bridgehead atoms. The molecule has 3 saturated heterocycles. The van der Waals surface area contributed by atoms with Gasteiger partial charge in [-0.05, 0) is 38.1 Å². The number of nitrogens with zero attached hydrogens (tertiary/aromatic N) is 1. The molecule has 4 N–H and O–H groups in total. The van der Waals surface area contributed by atoms with Crippen LogP contribution in [0, 0.1) is 17.8 Å². The van der Waals surface area contributed by atoms with E-state index in [1.807, 2.05) is 0 Å². The van der Waals surface area contributed by atoms with Gasteiger partial charge in [-0.25, -0.2) is 0 Å². The molecule has 3 aliphatic rings. The van der Waals surface area contributed by atoms with Crippen LogP contribution in [0.15, 0.2) is 0 Å². The van der Waals surface area contributed by atoms with Crippen LogP contribution in [0.25, 0.3) is 0 Å². The lowest BCUT2D eigenvalue weighted by molar-refractivity contribution is -0.153. The third kappa shape index (κ3) is 7.61. The molecule has 3 rings (SSSR count). The van der Waals surface area contributed by atoms with E-state index in [2.05, 4.69) is 15.5 Å². The van der Waals surface area contributed by atoms with E-state index in [4.69, 9.17) is 4.74 Å². The van der Waals surface area contributed by atoms with Crippen molar-refractivity contribution in [3.63, 3.8) is 0 Å². The molecule has 6 atom stereocenters. The summed E-state index contributed by atoms with van der Waals surface area (Å²) in [5.74, 6) is -0.940. The Balaban J connectivity index is 1.53. The lowest BCUT2D eigenvalue weighted by Gasteiger charge is -2.50. The van der Waals surface area contributed by atoms with Crippen molar-refractivity contribution in [2.75, 3.05) is 59.5 Å². The molecular formula is C22H37F6N3O3S. The molecule has 3 aliphatic heterocycles. The summed E-state index contributed by atoms with van der Waals surface area (Å²) < 4.78 is 84.3. The number of fused-ring (bicyclic) bond motifs is 2. The van der Waals surface area contributed by atoms with Crippen molar-refractivity contribution in [2.45, 2.75) is 60.2 Å². The summed E-state index contributed by atoms with van der Waals surface area (Å²) in [6, 6.07) is 0. The van der Waals surface area contributed by atoms with Crippen LogP contribution < -0.4 is 10.6 Å². The van der Waals surface area contributed by atoms with E-state index in [-0.39, 0.29) is 23.6 Å². The second-order valence-corrected chi connectivity index (χ2v) is 11.4. The summed E-state index contributed by atoms with van der Waals surface area (Å²) in [6.45, 7) is 2.81. The molecule has 0 aromatic carbocycles. The van der Waals surface area contributed by atoms with Crippen molar-refractivity contribution in [1.29, 1.82) is 0 Å². The van der Waals surface area contributed by atoms with Gasteiger partial charge >= 0.3 is 12.4 Å². The summed E-state index contributed by atoms with van der Waals surface area (Å²) in [7, 11) is 1.79. The number of aliphatic hydroxyl groups excluding tert-OH is 2. The molecule has 13 heteroatoms. The van der Waals surface area contributed by atoms with Gasteiger partial charge in [-0.1, -0.05) is 0 Å². The molecule has 0 aliphatic carbocycles. The number of piperidine rings is 1. The molecule has 6 nitrogen and oxygen atoms in total. The quantitative estimate of drug-likeness (QED) is 0.319. The first-order valence-corrected chi connectivity index (χ1v) is 13.1. The zero-order chi connectivity index (χ0) is 25.9. The monoisotopic (exact) mass is 537 g/mol. The molecule has 0 aromatic heterocycles. The van der Waals surface area contributed by atoms with Crippen LogP contribution >= 0.6 is 11.8 Å². The van der Waals surface area contributed by atoms with E-state index >= 15 is 0 Å². The first-order valence-electron chi connectivity index (χ1n) is 12.2. The number of likely N-dealkylation sites (tertiary alicyclic amines) is 1. The number of rotatable bonds is 10. The van der Waals surface area contributed by atoms with Crippen LogP contribution in [0.2, 0.25) is 0 Å². The van der Waals surface area contributed by atoms with Gasteiger partial charge in [-0.3, -0.25) is 0 Å². The fourth-order valence-electron chi connectivity index (χ4n) is 5.91. The predicted molar refractivity (Wildman–Crippen MR) is 121 cm³/mol. The van der Waals surface area contributed by atoms with E-state index in [1.54, 1.807) is 7.05 Å². The largest absolute Gasteiger partial charge is 0.400 e. The SMILES string of the molecule is CNCC(CNCC(O)CC(F)(F)F)CN1CCC2(CC1)OCCC1C(CO)C(C(F)(F)F)SC12. The van der Waals surface area contributed by atoms with Gasteiger partial charge in [0.2, 0.25) is 0 Å². The van der Waals surface area contributed by atoms with Gasteiger partial charge < -0.3 is 30.5 Å². The van der Waals surface area contributed by atoms with Crippen molar-refractivity contribution < 1.29 is 41.3 Å². The third-order valence-electron chi connectivity index (χ3n) is 7.51. The topological polar surface area (TPSA) is 77.0 Å². The molecule has 0 radical (unpaired) electrons. The van der Waals surface area contributed by atoms with Gasteiger partial charge in [0.25, 0.3) is 0 Å². The van der Waals surface area contributed by atoms with Crippen molar-refractivity contribution in [2.24, 2.45) is 17.8 Å². The highest BCUT2D eigenvalue weighted by Gasteiger charge is 2.62. The average molecular weight is 538 g/mol. The Bertz CT molecular complexity index is 663. The van der Waals surface area contributed by atoms with E-state index in [1.165, 1.54) is 0 Å². The van der Waals surface area contributed by atoms with Gasteiger partial charge in [0.15, 0.2) is 0 Å². The summed E-state index contributed by atoms with van der Waals surface area (Å²) in [6.07, 6.45) is -9.79. The minimum Gasteiger partial charge on any atom is -0.396 e. The number of ether oxygens (including phenoxy) is 1. The van der Waals surface area contributed by atoms with Crippen molar-refractivity contribution in [3.05, 3.63) is 0 Å². The molecule has 0 aromatic rings. The number of hydrogen-bond donors (Lipinski definition) is 4. The van der Waals surface area contributed by atoms with Gasteiger partial charge in [0.05, 0.1) is 18.1 Å². The molecule has 206 valence electrons. The van der Waals surface area contributed by atoms with Crippen molar-refractivity contribution in [3.8, 4) is 0 Å². The number of hydrogen-bond acceptors (Lipinski definition) is 7. The van der Waals surface area contributed by atoms with Crippen LogP contribution in [0.5, 0.6) is 0 Å². The lowest BCUT2D eigenvalue weighted by atomic mass is 9.73. The standard InChI is InChI=1S/C22H37F6N3O3S/c1-29-9-14(10-30-11-15(33)8-21(23,24)25)12-31-5-3-20(4-6-31)18-16(2-7-34-20)17(13-32)19(35-18)22(26,27)28/h14-19,29-30,32-33H,2-13H2,1H3. The van der Waals surface area contributed by atoms with E-state index in [0.29, 0.717) is 58.6 Å². The van der Waals surface area contributed by atoms with Crippen molar-refractivity contribution in [1.82, 2.24) is 15.5 Å². The average Bonchev–Trinajstić information content (AvgIpc) is 3.15. The summed E-state index contributed by atoms with van der Waals surface area (Å²) in [5, 5.41) is 23.4. The molecule has 3 heterocycles. The second kappa shape index (κ2) is 12.0. The third-order valence-corrected chi connectivity index (χ3v) is 9.49. The first kappa shape index (κ1) is 29.2. The number of thioether (sulfide) groups is 1. The highest BCUT2D eigenvalue weighted by molar-refractivity contribution is 8.01. The molecule has 0 saturated carbocycles. The highest BCUT2D eigenvalue weighted by Crippen LogP contribution is 2.58. The van der Waals surface area contributed by atoms with Crippen LogP contribution in [-0.2, 0) is 4.74 Å². The number of aliphatic hydroxyl groups is 2. The Morgan fingerprint density at radius 1 is 1.11 bits per heavy atom. The lowest BCUT2D eigenvalue weighted by Crippen LogP contribution is -2.57. The van der Waals surface area contributed by atoms with Crippen LogP contribution in [0.3, 0.4) is 0 Å². The van der Waals surface area contributed by atoms with Crippen molar-refractivity contribution >= 4 is 11.8 Å². The van der Waals surface area contributed by atoms with Gasteiger partial charge in [-0.15, -0.1) is 11.8 Å². The highest BCUT2D eigenvalue weighted by atomic mass is 32.2. The fourth-order valence-corrected chi connectivity index (χ4v) is 7.96. The molecule has 6 unspecified atom stereocenters. The van der Waals surface area contributed by atoms with Crippen LogP contribution in [0.4, 0.5) is 26.3 Å². The predicted octanol–water partition coefficient (Wildman–Crippen LogP) is 2.25. The number of alkyl halides is 6. The molecular weight excluding hydrogens is 500 g/mol.